The summed E-state index contributed by atoms with van der Waals surface area (Å²) in [6.07, 6.45) is 9.78. The van der Waals surface area contributed by atoms with Crippen molar-refractivity contribution in [1.82, 2.24) is 0 Å². The minimum atomic E-state index is -0.219. The van der Waals surface area contributed by atoms with E-state index in [0.717, 1.165) is 32.1 Å². The summed E-state index contributed by atoms with van der Waals surface area (Å²) >= 11 is 0. The quantitative estimate of drug-likeness (QED) is 0.351. The Morgan fingerprint density at radius 3 is 2.17 bits per heavy atom. The van der Waals surface area contributed by atoms with Crippen LogP contribution in [0.4, 0.5) is 0 Å². The van der Waals surface area contributed by atoms with Crippen molar-refractivity contribution in [3.8, 4) is 0 Å². The van der Waals surface area contributed by atoms with Crippen LogP contribution in [0.1, 0.15) is 98.8 Å². The minimum absolute atomic E-state index is 0.0689. The first kappa shape index (κ1) is 26.5. The molecular formula is C29H46O6. The van der Waals surface area contributed by atoms with E-state index in [1.807, 2.05) is 0 Å². The van der Waals surface area contributed by atoms with Crippen LogP contribution in [0.5, 0.6) is 0 Å². The van der Waals surface area contributed by atoms with E-state index in [9.17, 15) is 14.4 Å². The molecule has 6 heteroatoms. The number of esters is 3. The highest BCUT2D eigenvalue weighted by molar-refractivity contribution is 5.69. The highest BCUT2D eigenvalue weighted by Gasteiger charge is 2.63. The van der Waals surface area contributed by atoms with Crippen LogP contribution in [0.2, 0.25) is 0 Å². The number of methoxy groups -OCH3 is 1. The molecule has 0 heterocycles. The fraction of sp³-hybridized carbons (Fsp3) is 0.897. The van der Waals surface area contributed by atoms with Gasteiger partial charge in [-0.1, -0.05) is 20.8 Å². The van der Waals surface area contributed by atoms with Gasteiger partial charge in [-0.3, -0.25) is 14.4 Å². The van der Waals surface area contributed by atoms with Crippen LogP contribution in [0.25, 0.3) is 0 Å². The molecule has 0 amide bonds. The lowest BCUT2D eigenvalue weighted by Crippen LogP contribution is -2.59. The van der Waals surface area contributed by atoms with E-state index >= 15 is 0 Å². The molecule has 0 aromatic carbocycles. The predicted molar refractivity (Wildman–Crippen MR) is 132 cm³/mol. The van der Waals surface area contributed by atoms with Crippen LogP contribution >= 0.6 is 0 Å². The van der Waals surface area contributed by atoms with Crippen molar-refractivity contribution in [2.24, 2.45) is 46.3 Å². The molecule has 4 rings (SSSR count). The molecule has 198 valence electrons. The molecular weight excluding hydrogens is 444 g/mol. The van der Waals surface area contributed by atoms with Gasteiger partial charge in [0, 0.05) is 26.2 Å². The average molecular weight is 491 g/mol. The number of carbonyl (C=O) groups is 3. The largest absolute Gasteiger partial charge is 0.469 e. The van der Waals surface area contributed by atoms with Crippen LogP contribution in [-0.4, -0.2) is 37.2 Å². The molecule has 4 aliphatic rings. The Morgan fingerprint density at radius 1 is 0.857 bits per heavy atom. The lowest BCUT2D eigenvalue weighted by molar-refractivity contribution is -0.197. The number of hydrogen-bond acceptors (Lipinski definition) is 6. The fourth-order valence-corrected chi connectivity index (χ4v) is 9.54. The van der Waals surface area contributed by atoms with Crippen molar-refractivity contribution in [3.63, 3.8) is 0 Å². The van der Waals surface area contributed by atoms with E-state index in [1.54, 1.807) is 0 Å². The van der Waals surface area contributed by atoms with Gasteiger partial charge < -0.3 is 14.2 Å². The SMILES string of the molecule is COC(=O)CC[C@@H](C)[C@H]1CC[C@H]2[C@@H]3CC(OC(C)=O)[C@@H]4C[C@H](OC(C)=O)CC[C@]4(C)[C@H]3CC[C@]12C. The smallest absolute Gasteiger partial charge is 0.305 e. The van der Waals surface area contributed by atoms with Crippen molar-refractivity contribution in [1.29, 1.82) is 0 Å². The van der Waals surface area contributed by atoms with Gasteiger partial charge in [0.05, 0.1) is 7.11 Å². The maximum Gasteiger partial charge on any atom is 0.305 e. The number of fused-ring (bicyclic) bond motifs is 5. The molecule has 0 saturated heterocycles. The highest BCUT2D eigenvalue weighted by atomic mass is 16.5. The molecule has 4 fully saturated rings. The normalized spacial score (nSPS) is 43.2. The van der Waals surface area contributed by atoms with Gasteiger partial charge in [-0.05, 0) is 98.2 Å². The molecule has 0 aliphatic heterocycles. The summed E-state index contributed by atoms with van der Waals surface area (Å²) in [7, 11) is 1.47. The molecule has 4 saturated carbocycles. The Bertz CT molecular complexity index is 824. The lowest BCUT2D eigenvalue weighted by Gasteiger charge is -2.62. The summed E-state index contributed by atoms with van der Waals surface area (Å²) in [5.41, 5.74) is 0.380. The third kappa shape index (κ3) is 4.87. The molecule has 0 radical (unpaired) electrons. The van der Waals surface area contributed by atoms with Gasteiger partial charge in [-0.25, -0.2) is 0 Å². The topological polar surface area (TPSA) is 78.9 Å². The van der Waals surface area contributed by atoms with Gasteiger partial charge >= 0.3 is 17.9 Å². The zero-order valence-electron chi connectivity index (χ0n) is 22.6. The van der Waals surface area contributed by atoms with Crippen molar-refractivity contribution in [3.05, 3.63) is 0 Å². The van der Waals surface area contributed by atoms with Crippen LogP contribution in [0.3, 0.4) is 0 Å². The molecule has 0 aromatic rings. The third-order valence-corrected chi connectivity index (χ3v) is 11.0. The van der Waals surface area contributed by atoms with E-state index in [-0.39, 0.29) is 46.9 Å². The van der Waals surface area contributed by atoms with E-state index in [0.29, 0.717) is 36.0 Å². The molecule has 0 spiro atoms. The monoisotopic (exact) mass is 490 g/mol. The summed E-state index contributed by atoms with van der Waals surface area (Å²) in [5.74, 6) is 2.64. The van der Waals surface area contributed by atoms with Crippen molar-refractivity contribution < 1.29 is 28.6 Å². The van der Waals surface area contributed by atoms with E-state index in [1.165, 1.54) is 46.6 Å². The number of hydrogen-bond donors (Lipinski definition) is 0. The second kappa shape index (κ2) is 10.0. The first-order chi connectivity index (χ1) is 16.5. The third-order valence-electron chi connectivity index (χ3n) is 11.0. The van der Waals surface area contributed by atoms with Gasteiger partial charge in [0.2, 0.25) is 0 Å². The molecule has 10 atom stereocenters. The van der Waals surface area contributed by atoms with E-state index < -0.39 is 0 Å². The fourth-order valence-electron chi connectivity index (χ4n) is 9.54. The summed E-state index contributed by atoms with van der Waals surface area (Å²) < 4.78 is 16.6. The standard InChI is InChI=1S/C29H46O6/c1-17(7-10-27(32)33-6)22-8-9-23-21-16-26(35-19(3)31)25-15-20(34-18(2)30)11-13-29(25,5)24(21)12-14-28(22,23)4/h17,20-26H,7-16H2,1-6H3/t17-,20-,21+,22-,23+,24+,25+,26?,28-,29-/m1/s1. The van der Waals surface area contributed by atoms with E-state index in [4.69, 9.17) is 14.2 Å². The molecule has 0 N–H and O–H groups in total. The Morgan fingerprint density at radius 2 is 1.51 bits per heavy atom. The molecule has 0 bridgehead atoms. The van der Waals surface area contributed by atoms with Gasteiger partial charge in [0.1, 0.15) is 12.2 Å². The zero-order valence-corrected chi connectivity index (χ0v) is 22.6. The second-order valence-electron chi connectivity index (χ2n) is 12.7. The Hall–Kier alpha value is -1.59. The van der Waals surface area contributed by atoms with Gasteiger partial charge in [0.25, 0.3) is 0 Å². The molecule has 4 aliphatic carbocycles. The van der Waals surface area contributed by atoms with Crippen molar-refractivity contribution >= 4 is 17.9 Å². The number of carbonyl (C=O) groups excluding carboxylic acids is 3. The van der Waals surface area contributed by atoms with Crippen molar-refractivity contribution in [2.45, 2.75) is 111 Å². The zero-order chi connectivity index (χ0) is 25.5. The predicted octanol–water partition coefficient (Wildman–Crippen LogP) is 5.71. The second-order valence-corrected chi connectivity index (χ2v) is 12.7. The Kier molecular flexibility index (Phi) is 7.60. The molecule has 6 nitrogen and oxygen atoms in total. The van der Waals surface area contributed by atoms with Crippen molar-refractivity contribution in [2.75, 3.05) is 7.11 Å². The van der Waals surface area contributed by atoms with E-state index in [2.05, 4.69) is 20.8 Å². The first-order valence-corrected chi connectivity index (χ1v) is 13.9. The maximum atomic E-state index is 12.1. The summed E-state index contributed by atoms with van der Waals surface area (Å²) in [6.45, 7) is 10.3. The Labute approximate surface area is 211 Å². The average Bonchev–Trinajstić information content (AvgIpc) is 3.14. The van der Waals surface area contributed by atoms with Crippen LogP contribution in [0, 0.1) is 46.3 Å². The Balaban J connectivity index is 1.56. The van der Waals surface area contributed by atoms with Gasteiger partial charge in [-0.15, -0.1) is 0 Å². The number of rotatable bonds is 6. The first-order valence-electron chi connectivity index (χ1n) is 13.9. The molecule has 35 heavy (non-hydrogen) atoms. The van der Waals surface area contributed by atoms with Crippen LogP contribution in [-0.2, 0) is 28.6 Å². The minimum Gasteiger partial charge on any atom is -0.469 e. The molecule has 0 aromatic heterocycles. The number of ether oxygens (including phenoxy) is 3. The maximum absolute atomic E-state index is 12.1. The highest BCUT2D eigenvalue weighted by Crippen LogP contribution is 2.68. The lowest BCUT2D eigenvalue weighted by atomic mass is 9.43. The van der Waals surface area contributed by atoms with Crippen LogP contribution < -0.4 is 0 Å². The molecule has 1 unspecified atom stereocenters. The van der Waals surface area contributed by atoms with Gasteiger partial charge in [-0.2, -0.15) is 0 Å². The summed E-state index contributed by atoms with van der Waals surface area (Å²) in [4.78, 5) is 35.6. The van der Waals surface area contributed by atoms with Gasteiger partial charge in [0.15, 0.2) is 0 Å². The summed E-state index contributed by atoms with van der Waals surface area (Å²) in [6, 6.07) is 0. The summed E-state index contributed by atoms with van der Waals surface area (Å²) in [5, 5.41) is 0. The van der Waals surface area contributed by atoms with Crippen LogP contribution in [0.15, 0.2) is 0 Å².